The number of anilines is 1. The maximum absolute atomic E-state index is 12.5. The normalized spacial score (nSPS) is 18.1. The van der Waals surface area contributed by atoms with Crippen LogP contribution < -0.4 is 5.73 Å². The first kappa shape index (κ1) is 14.9. The van der Waals surface area contributed by atoms with E-state index in [0.717, 1.165) is 38.2 Å². The van der Waals surface area contributed by atoms with Crippen molar-refractivity contribution in [2.24, 2.45) is 0 Å². The molecule has 1 aliphatic rings. The smallest absolute Gasteiger partial charge is 0.254 e. The minimum absolute atomic E-state index is 0.101. The predicted octanol–water partition coefficient (Wildman–Crippen LogP) is 2.13. The number of carbonyl (C=O) groups is 1. The first-order valence-electron chi connectivity index (χ1n) is 7.41. The van der Waals surface area contributed by atoms with Crippen molar-refractivity contribution in [3.63, 3.8) is 0 Å². The molecule has 4 heteroatoms. The minimum atomic E-state index is 0.101. The number of aryl methyl sites for hydroxylation is 1. The van der Waals surface area contributed by atoms with Crippen molar-refractivity contribution in [2.75, 3.05) is 31.9 Å². The van der Waals surface area contributed by atoms with Gasteiger partial charge in [0.15, 0.2) is 0 Å². The van der Waals surface area contributed by atoms with Gasteiger partial charge in [-0.05, 0) is 44.0 Å². The number of rotatable bonds is 3. The molecule has 110 valence electrons. The zero-order valence-electron chi connectivity index (χ0n) is 12.7. The van der Waals surface area contributed by atoms with Crippen LogP contribution in [0.5, 0.6) is 0 Å². The molecule has 1 aliphatic heterocycles. The maximum atomic E-state index is 12.5. The van der Waals surface area contributed by atoms with Gasteiger partial charge in [-0.15, -0.1) is 0 Å². The fourth-order valence-electron chi connectivity index (χ4n) is 2.74. The van der Waals surface area contributed by atoms with Crippen LogP contribution in [0.1, 0.15) is 36.2 Å². The van der Waals surface area contributed by atoms with Gasteiger partial charge in [-0.2, -0.15) is 0 Å². The first-order chi connectivity index (χ1) is 9.51. The molecule has 0 aliphatic carbocycles. The van der Waals surface area contributed by atoms with Crippen molar-refractivity contribution in [3.8, 4) is 0 Å². The van der Waals surface area contributed by atoms with Crippen molar-refractivity contribution in [2.45, 2.75) is 33.2 Å². The van der Waals surface area contributed by atoms with E-state index in [2.05, 4.69) is 18.7 Å². The third kappa shape index (κ3) is 3.31. The number of hydrogen-bond acceptors (Lipinski definition) is 3. The van der Waals surface area contributed by atoms with Crippen LogP contribution in [-0.4, -0.2) is 47.9 Å². The maximum Gasteiger partial charge on any atom is 0.254 e. The summed E-state index contributed by atoms with van der Waals surface area (Å²) in [5, 5.41) is 0. The monoisotopic (exact) mass is 275 g/mol. The second-order valence-corrected chi connectivity index (χ2v) is 5.72. The van der Waals surface area contributed by atoms with E-state index in [1.54, 1.807) is 6.07 Å². The zero-order chi connectivity index (χ0) is 14.7. The third-order valence-electron chi connectivity index (χ3n) is 4.16. The fraction of sp³-hybridized carbons (Fsp3) is 0.562. The van der Waals surface area contributed by atoms with E-state index >= 15 is 0 Å². The Morgan fingerprint density at radius 1 is 1.25 bits per heavy atom. The van der Waals surface area contributed by atoms with Crippen molar-refractivity contribution in [3.05, 3.63) is 29.3 Å². The highest BCUT2D eigenvalue weighted by atomic mass is 16.2. The summed E-state index contributed by atoms with van der Waals surface area (Å²) in [6.45, 7) is 9.95. The van der Waals surface area contributed by atoms with Crippen LogP contribution in [0.3, 0.4) is 0 Å². The number of piperazine rings is 1. The van der Waals surface area contributed by atoms with E-state index in [0.29, 0.717) is 17.3 Å². The van der Waals surface area contributed by atoms with Crippen LogP contribution in [0, 0.1) is 6.92 Å². The highest BCUT2D eigenvalue weighted by Crippen LogP contribution is 2.16. The van der Waals surface area contributed by atoms with E-state index in [9.17, 15) is 4.79 Å². The summed E-state index contributed by atoms with van der Waals surface area (Å²) >= 11 is 0. The summed E-state index contributed by atoms with van der Waals surface area (Å²) < 4.78 is 0. The molecule has 4 nitrogen and oxygen atoms in total. The van der Waals surface area contributed by atoms with Gasteiger partial charge in [-0.25, -0.2) is 0 Å². The second-order valence-electron chi connectivity index (χ2n) is 5.72. The van der Waals surface area contributed by atoms with Gasteiger partial charge in [-0.3, -0.25) is 9.69 Å². The summed E-state index contributed by atoms with van der Waals surface area (Å²) in [7, 11) is 0. The standard InChI is InChI=1S/C16H25N3O/c1-4-13(3)18-5-7-19(8-6-18)16(20)14-9-12(2)10-15(17)11-14/h9-11,13H,4-8,17H2,1-3H3. The molecule has 1 atom stereocenters. The van der Waals surface area contributed by atoms with Crippen LogP contribution in [0.15, 0.2) is 18.2 Å². The molecular weight excluding hydrogens is 250 g/mol. The molecule has 1 fully saturated rings. The van der Waals surface area contributed by atoms with Crippen LogP contribution in [-0.2, 0) is 0 Å². The molecule has 0 bridgehead atoms. The summed E-state index contributed by atoms with van der Waals surface area (Å²) in [5.41, 5.74) is 8.23. The molecule has 1 aromatic rings. The Labute approximate surface area is 121 Å². The quantitative estimate of drug-likeness (QED) is 0.860. The lowest BCUT2D eigenvalue weighted by Crippen LogP contribution is -2.51. The molecule has 1 saturated heterocycles. The molecule has 1 heterocycles. The average molecular weight is 275 g/mol. The summed E-state index contributed by atoms with van der Waals surface area (Å²) in [4.78, 5) is 16.9. The Kier molecular flexibility index (Phi) is 4.65. The highest BCUT2D eigenvalue weighted by molar-refractivity contribution is 5.95. The topological polar surface area (TPSA) is 49.6 Å². The lowest BCUT2D eigenvalue weighted by atomic mass is 10.1. The number of nitrogens with zero attached hydrogens (tertiary/aromatic N) is 2. The number of nitrogen functional groups attached to an aromatic ring is 1. The van der Waals surface area contributed by atoms with Gasteiger partial charge in [0, 0.05) is 43.5 Å². The van der Waals surface area contributed by atoms with Crippen molar-refractivity contribution < 1.29 is 4.79 Å². The summed E-state index contributed by atoms with van der Waals surface area (Å²) in [5.74, 6) is 0.101. The SMILES string of the molecule is CCC(C)N1CCN(C(=O)c2cc(C)cc(N)c2)CC1. The van der Waals surface area contributed by atoms with Gasteiger partial charge in [0.2, 0.25) is 0 Å². The Morgan fingerprint density at radius 2 is 1.90 bits per heavy atom. The molecular formula is C16H25N3O. The number of nitrogens with two attached hydrogens (primary N) is 1. The number of amides is 1. The predicted molar refractivity (Wildman–Crippen MR) is 82.8 cm³/mol. The number of benzene rings is 1. The lowest BCUT2D eigenvalue weighted by molar-refractivity contribution is 0.0579. The van der Waals surface area contributed by atoms with Crippen LogP contribution >= 0.6 is 0 Å². The van der Waals surface area contributed by atoms with Crippen molar-refractivity contribution >= 4 is 11.6 Å². The second kappa shape index (κ2) is 6.27. The van der Waals surface area contributed by atoms with Gasteiger partial charge < -0.3 is 10.6 Å². The number of hydrogen-bond donors (Lipinski definition) is 1. The van der Waals surface area contributed by atoms with E-state index in [1.165, 1.54) is 0 Å². The third-order valence-corrected chi connectivity index (χ3v) is 4.16. The average Bonchev–Trinajstić information content (AvgIpc) is 2.45. The minimum Gasteiger partial charge on any atom is -0.399 e. The molecule has 0 saturated carbocycles. The highest BCUT2D eigenvalue weighted by Gasteiger charge is 2.24. The molecule has 1 amide bonds. The van der Waals surface area contributed by atoms with Crippen LogP contribution in [0.25, 0.3) is 0 Å². The zero-order valence-corrected chi connectivity index (χ0v) is 12.7. The Morgan fingerprint density at radius 3 is 2.45 bits per heavy atom. The van der Waals surface area contributed by atoms with E-state index in [1.807, 2.05) is 24.0 Å². The lowest BCUT2D eigenvalue weighted by Gasteiger charge is -2.37. The van der Waals surface area contributed by atoms with Gasteiger partial charge >= 0.3 is 0 Å². The van der Waals surface area contributed by atoms with Crippen LogP contribution in [0.2, 0.25) is 0 Å². The molecule has 0 radical (unpaired) electrons. The molecule has 2 rings (SSSR count). The molecule has 1 aromatic carbocycles. The Balaban J connectivity index is 2.01. The van der Waals surface area contributed by atoms with E-state index in [4.69, 9.17) is 5.73 Å². The molecule has 20 heavy (non-hydrogen) atoms. The van der Waals surface area contributed by atoms with Gasteiger partial charge in [0.1, 0.15) is 0 Å². The van der Waals surface area contributed by atoms with Gasteiger partial charge in [0.25, 0.3) is 5.91 Å². The van der Waals surface area contributed by atoms with Crippen molar-refractivity contribution in [1.29, 1.82) is 0 Å². The molecule has 0 aromatic heterocycles. The van der Waals surface area contributed by atoms with Crippen LogP contribution in [0.4, 0.5) is 5.69 Å². The first-order valence-corrected chi connectivity index (χ1v) is 7.41. The van der Waals surface area contributed by atoms with Crippen molar-refractivity contribution in [1.82, 2.24) is 9.80 Å². The number of carbonyl (C=O) groups excluding carboxylic acids is 1. The van der Waals surface area contributed by atoms with Gasteiger partial charge in [0.05, 0.1) is 0 Å². The Hall–Kier alpha value is -1.55. The molecule has 2 N–H and O–H groups in total. The fourth-order valence-corrected chi connectivity index (χ4v) is 2.74. The largest absolute Gasteiger partial charge is 0.399 e. The van der Waals surface area contributed by atoms with E-state index in [-0.39, 0.29) is 5.91 Å². The summed E-state index contributed by atoms with van der Waals surface area (Å²) in [6, 6.07) is 6.18. The molecule has 1 unspecified atom stereocenters. The Bertz CT molecular complexity index is 458. The van der Waals surface area contributed by atoms with E-state index < -0.39 is 0 Å². The van der Waals surface area contributed by atoms with Gasteiger partial charge in [-0.1, -0.05) is 6.92 Å². The molecule has 0 spiro atoms. The summed E-state index contributed by atoms with van der Waals surface area (Å²) in [6.07, 6.45) is 1.16.